The molecule has 0 amide bonds. The first kappa shape index (κ1) is 9.00. The predicted octanol–water partition coefficient (Wildman–Crippen LogP) is 0.781. The van der Waals surface area contributed by atoms with Gasteiger partial charge in [0.25, 0.3) is 0 Å². The number of hydrogen-bond donors (Lipinski definition) is 2. The predicted molar refractivity (Wildman–Crippen MR) is 51.7 cm³/mol. The fourth-order valence-corrected chi connectivity index (χ4v) is 1.13. The number of nitrogens with two attached hydrogens (primary N) is 2. The van der Waals surface area contributed by atoms with E-state index in [0.717, 1.165) is 5.57 Å². The van der Waals surface area contributed by atoms with Gasteiger partial charge in [0.2, 0.25) is 0 Å². The zero-order valence-corrected chi connectivity index (χ0v) is 7.49. The van der Waals surface area contributed by atoms with E-state index < -0.39 is 0 Å². The van der Waals surface area contributed by atoms with Gasteiger partial charge in [0.1, 0.15) is 12.0 Å². The van der Waals surface area contributed by atoms with Crippen LogP contribution in [0.2, 0.25) is 0 Å². The van der Waals surface area contributed by atoms with Gasteiger partial charge in [0.15, 0.2) is 0 Å². The molecule has 2 atom stereocenters. The summed E-state index contributed by atoms with van der Waals surface area (Å²) in [6, 6.07) is 0. The van der Waals surface area contributed by atoms with E-state index >= 15 is 0 Å². The normalized spacial score (nSPS) is 41.6. The highest BCUT2D eigenvalue weighted by atomic mass is 15.0. The van der Waals surface area contributed by atoms with Crippen molar-refractivity contribution < 1.29 is 0 Å². The highest BCUT2D eigenvalue weighted by Gasteiger charge is 2.04. The highest BCUT2D eigenvalue weighted by Crippen LogP contribution is 2.08. The quantitative estimate of drug-likeness (QED) is 0.521. The second kappa shape index (κ2) is 3.54. The molecule has 4 N–H and O–H groups in total. The summed E-state index contributed by atoms with van der Waals surface area (Å²) < 4.78 is 0. The van der Waals surface area contributed by atoms with Crippen molar-refractivity contribution in [3.05, 3.63) is 23.8 Å². The SMILES string of the molecule is CC1=C/C(C)/C=C\C(N)/N=C\1N. The summed E-state index contributed by atoms with van der Waals surface area (Å²) in [5.74, 6) is 0.920. The van der Waals surface area contributed by atoms with Crippen molar-refractivity contribution in [1.29, 1.82) is 0 Å². The van der Waals surface area contributed by atoms with Gasteiger partial charge < -0.3 is 11.5 Å². The molecule has 0 radical (unpaired) electrons. The summed E-state index contributed by atoms with van der Waals surface area (Å²) in [6.07, 6.45) is 5.67. The molecule has 0 fully saturated rings. The zero-order valence-electron chi connectivity index (χ0n) is 7.49. The largest absolute Gasteiger partial charge is 0.384 e. The second-order valence-electron chi connectivity index (χ2n) is 3.10. The van der Waals surface area contributed by atoms with E-state index in [1.807, 2.05) is 19.1 Å². The summed E-state index contributed by atoms with van der Waals surface area (Å²) in [5, 5.41) is 0. The van der Waals surface area contributed by atoms with Gasteiger partial charge in [-0.25, -0.2) is 4.99 Å². The molecule has 12 heavy (non-hydrogen) atoms. The van der Waals surface area contributed by atoms with Crippen LogP contribution in [0.15, 0.2) is 28.8 Å². The number of nitrogens with zero attached hydrogens (tertiary/aromatic N) is 1. The topological polar surface area (TPSA) is 64.4 Å². The molecule has 3 nitrogen and oxygen atoms in total. The monoisotopic (exact) mass is 165 g/mol. The first-order chi connectivity index (χ1) is 5.59. The van der Waals surface area contributed by atoms with Crippen molar-refractivity contribution >= 4 is 5.84 Å². The third-order valence-electron chi connectivity index (χ3n) is 1.82. The number of hydrogen-bond acceptors (Lipinski definition) is 3. The van der Waals surface area contributed by atoms with Gasteiger partial charge in [-0.1, -0.05) is 19.1 Å². The summed E-state index contributed by atoms with van der Waals surface area (Å²) in [7, 11) is 0. The average molecular weight is 165 g/mol. The summed E-state index contributed by atoms with van der Waals surface area (Å²) in [5.41, 5.74) is 12.3. The molecular weight excluding hydrogens is 150 g/mol. The van der Waals surface area contributed by atoms with Crippen molar-refractivity contribution in [2.45, 2.75) is 20.0 Å². The number of rotatable bonds is 0. The smallest absolute Gasteiger partial charge is 0.123 e. The Labute approximate surface area is 72.8 Å². The molecule has 0 spiro atoms. The third kappa shape index (κ3) is 2.20. The average Bonchev–Trinajstić information content (AvgIpc) is 1.99. The van der Waals surface area contributed by atoms with Crippen molar-refractivity contribution in [3.63, 3.8) is 0 Å². The van der Waals surface area contributed by atoms with E-state index in [0.29, 0.717) is 11.8 Å². The van der Waals surface area contributed by atoms with Crippen LogP contribution in [-0.4, -0.2) is 12.0 Å². The van der Waals surface area contributed by atoms with Gasteiger partial charge in [-0.15, -0.1) is 0 Å². The summed E-state index contributed by atoms with van der Waals surface area (Å²) in [6.45, 7) is 4.03. The molecule has 2 unspecified atom stereocenters. The summed E-state index contributed by atoms with van der Waals surface area (Å²) in [4.78, 5) is 4.07. The van der Waals surface area contributed by atoms with Gasteiger partial charge in [0, 0.05) is 0 Å². The fourth-order valence-electron chi connectivity index (χ4n) is 1.13. The van der Waals surface area contributed by atoms with E-state index in [2.05, 4.69) is 18.0 Å². The van der Waals surface area contributed by atoms with Crippen LogP contribution in [0.5, 0.6) is 0 Å². The van der Waals surface area contributed by atoms with E-state index in [1.165, 1.54) is 0 Å². The summed E-state index contributed by atoms with van der Waals surface area (Å²) >= 11 is 0. The minimum Gasteiger partial charge on any atom is -0.384 e. The van der Waals surface area contributed by atoms with Crippen LogP contribution in [-0.2, 0) is 0 Å². The van der Waals surface area contributed by atoms with Crippen LogP contribution in [0.4, 0.5) is 0 Å². The Balaban J connectivity index is 2.97. The highest BCUT2D eigenvalue weighted by molar-refractivity contribution is 5.96. The maximum atomic E-state index is 5.67. The van der Waals surface area contributed by atoms with E-state index in [-0.39, 0.29) is 6.17 Å². The van der Waals surface area contributed by atoms with Gasteiger partial charge in [-0.2, -0.15) is 0 Å². The Morgan fingerprint density at radius 3 is 2.75 bits per heavy atom. The molecule has 0 aromatic carbocycles. The minimum atomic E-state index is -0.295. The lowest BCUT2D eigenvalue weighted by atomic mass is 10.1. The molecule has 66 valence electrons. The zero-order chi connectivity index (χ0) is 9.14. The molecular formula is C9H15N3. The number of aliphatic imine (C=N–C) groups is 1. The Bertz CT molecular complexity index is 224. The van der Waals surface area contributed by atoms with E-state index in [4.69, 9.17) is 11.5 Å². The molecule has 1 rings (SSSR count). The van der Waals surface area contributed by atoms with Crippen LogP contribution in [0.3, 0.4) is 0 Å². The molecule has 0 aromatic rings. The van der Waals surface area contributed by atoms with Gasteiger partial charge in [-0.3, -0.25) is 0 Å². The lowest BCUT2D eigenvalue weighted by molar-refractivity contribution is 0.835. The molecule has 1 aliphatic rings. The van der Waals surface area contributed by atoms with Crippen molar-refractivity contribution in [2.75, 3.05) is 0 Å². The minimum absolute atomic E-state index is 0.295. The lowest BCUT2D eigenvalue weighted by Crippen LogP contribution is -2.23. The van der Waals surface area contributed by atoms with Crippen molar-refractivity contribution in [3.8, 4) is 0 Å². The van der Waals surface area contributed by atoms with Crippen LogP contribution in [0, 0.1) is 5.92 Å². The number of amidine groups is 1. The Kier molecular flexibility index (Phi) is 2.65. The van der Waals surface area contributed by atoms with E-state index in [9.17, 15) is 0 Å². The first-order valence-electron chi connectivity index (χ1n) is 4.05. The maximum absolute atomic E-state index is 5.67. The second-order valence-corrected chi connectivity index (χ2v) is 3.10. The molecule has 3 heteroatoms. The Morgan fingerprint density at radius 2 is 2.08 bits per heavy atom. The molecule has 1 aliphatic heterocycles. The molecule has 0 saturated heterocycles. The Hall–Kier alpha value is -1.09. The fraction of sp³-hybridized carbons (Fsp3) is 0.444. The van der Waals surface area contributed by atoms with Crippen LogP contribution in [0.25, 0.3) is 0 Å². The lowest BCUT2D eigenvalue weighted by Gasteiger charge is -2.10. The van der Waals surface area contributed by atoms with Gasteiger partial charge >= 0.3 is 0 Å². The van der Waals surface area contributed by atoms with Gasteiger partial charge in [0.05, 0.1) is 0 Å². The molecule has 0 aliphatic carbocycles. The van der Waals surface area contributed by atoms with Crippen LogP contribution >= 0.6 is 0 Å². The van der Waals surface area contributed by atoms with Gasteiger partial charge in [-0.05, 0) is 24.5 Å². The standard InChI is InChI=1S/C9H15N3/c1-6-3-4-8(10)12-9(11)7(2)5-6/h3-6,8H,10H2,1-2H3,(H2,11,12)/b4-3-,7-5-. The van der Waals surface area contributed by atoms with Crippen molar-refractivity contribution in [2.24, 2.45) is 22.4 Å². The van der Waals surface area contributed by atoms with Crippen LogP contribution < -0.4 is 11.5 Å². The van der Waals surface area contributed by atoms with Crippen LogP contribution in [0.1, 0.15) is 13.8 Å². The molecule has 0 saturated carbocycles. The Morgan fingerprint density at radius 1 is 1.42 bits per heavy atom. The van der Waals surface area contributed by atoms with Crippen molar-refractivity contribution in [1.82, 2.24) is 0 Å². The number of allylic oxidation sites excluding steroid dienone is 2. The van der Waals surface area contributed by atoms with E-state index in [1.54, 1.807) is 0 Å². The first-order valence-corrected chi connectivity index (χ1v) is 4.05. The molecule has 0 bridgehead atoms. The molecule has 0 aromatic heterocycles. The maximum Gasteiger partial charge on any atom is 0.123 e. The third-order valence-corrected chi connectivity index (χ3v) is 1.82. The molecule has 1 heterocycles.